The standard InChI is InChI=1S/C15H25ClN2O/c1-4-8-17-12-13-6-7-15(14(16)11-13)18(2)9-5-10-19-3/h6-7,11,17H,4-5,8-10,12H2,1-3H3. The van der Waals surface area contributed by atoms with Gasteiger partial charge in [0.05, 0.1) is 10.7 Å². The molecule has 0 aromatic heterocycles. The molecular weight excluding hydrogens is 260 g/mol. The van der Waals surface area contributed by atoms with Crippen molar-refractivity contribution >= 4 is 17.3 Å². The van der Waals surface area contributed by atoms with E-state index in [4.69, 9.17) is 16.3 Å². The minimum Gasteiger partial charge on any atom is -0.385 e. The van der Waals surface area contributed by atoms with E-state index in [9.17, 15) is 0 Å². The monoisotopic (exact) mass is 284 g/mol. The van der Waals surface area contributed by atoms with Crippen LogP contribution in [0.4, 0.5) is 5.69 Å². The predicted octanol–water partition coefficient (Wildman–Crippen LogP) is 3.31. The molecule has 0 radical (unpaired) electrons. The van der Waals surface area contributed by atoms with Crippen molar-refractivity contribution in [2.24, 2.45) is 0 Å². The van der Waals surface area contributed by atoms with Crippen molar-refractivity contribution in [3.8, 4) is 0 Å². The van der Waals surface area contributed by atoms with Crippen molar-refractivity contribution in [3.05, 3.63) is 28.8 Å². The third kappa shape index (κ3) is 5.81. The van der Waals surface area contributed by atoms with Crippen molar-refractivity contribution in [2.45, 2.75) is 26.3 Å². The smallest absolute Gasteiger partial charge is 0.0642 e. The molecule has 0 aliphatic heterocycles. The van der Waals surface area contributed by atoms with E-state index < -0.39 is 0 Å². The highest BCUT2D eigenvalue weighted by Gasteiger charge is 2.06. The molecule has 0 saturated carbocycles. The average molecular weight is 285 g/mol. The summed E-state index contributed by atoms with van der Waals surface area (Å²) in [5.74, 6) is 0. The van der Waals surface area contributed by atoms with E-state index in [1.165, 1.54) is 5.56 Å². The molecule has 0 aliphatic carbocycles. The van der Waals surface area contributed by atoms with E-state index in [2.05, 4.69) is 36.3 Å². The maximum Gasteiger partial charge on any atom is 0.0642 e. The van der Waals surface area contributed by atoms with Crippen LogP contribution in [0.15, 0.2) is 18.2 Å². The maximum atomic E-state index is 6.35. The average Bonchev–Trinajstić information content (AvgIpc) is 2.39. The molecular formula is C15H25ClN2O. The lowest BCUT2D eigenvalue weighted by Gasteiger charge is -2.21. The molecule has 108 valence electrons. The van der Waals surface area contributed by atoms with Gasteiger partial charge in [0.2, 0.25) is 0 Å². The second-order valence-electron chi connectivity index (χ2n) is 4.73. The summed E-state index contributed by atoms with van der Waals surface area (Å²) >= 11 is 6.35. The molecule has 4 heteroatoms. The summed E-state index contributed by atoms with van der Waals surface area (Å²) in [5, 5.41) is 4.20. The van der Waals surface area contributed by atoms with E-state index in [0.717, 1.165) is 49.8 Å². The normalized spacial score (nSPS) is 10.7. The SMILES string of the molecule is CCCNCc1ccc(N(C)CCCOC)c(Cl)c1. The summed E-state index contributed by atoms with van der Waals surface area (Å²) in [6, 6.07) is 6.28. The summed E-state index contributed by atoms with van der Waals surface area (Å²) < 4.78 is 5.06. The molecule has 0 saturated heterocycles. The Balaban J connectivity index is 2.55. The van der Waals surface area contributed by atoms with Gasteiger partial charge in [0.15, 0.2) is 0 Å². The second-order valence-corrected chi connectivity index (χ2v) is 5.14. The zero-order chi connectivity index (χ0) is 14.1. The molecule has 0 amide bonds. The number of nitrogens with zero attached hydrogens (tertiary/aromatic N) is 1. The fourth-order valence-electron chi connectivity index (χ4n) is 1.95. The summed E-state index contributed by atoms with van der Waals surface area (Å²) in [4.78, 5) is 2.17. The lowest BCUT2D eigenvalue weighted by Crippen LogP contribution is -2.20. The van der Waals surface area contributed by atoms with E-state index in [1.807, 2.05) is 6.07 Å². The van der Waals surface area contributed by atoms with Crippen LogP contribution in [-0.2, 0) is 11.3 Å². The summed E-state index contributed by atoms with van der Waals surface area (Å²) in [7, 11) is 3.79. The van der Waals surface area contributed by atoms with Crippen LogP contribution in [0.2, 0.25) is 5.02 Å². The first-order valence-corrected chi connectivity index (χ1v) is 7.26. The zero-order valence-electron chi connectivity index (χ0n) is 12.2. The summed E-state index contributed by atoms with van der Waals surface area (Å²) in [6.07, 6.45) is 2.15. The maximum absolute atomic E-state index is 6.35. The van der Waals surface area contributed by atoms with Crippen molar-refractivity contribution < 1.29 is 4.74 Å². The van der Waals surface area contributed by atoms with Crippen LogP contribution in [-0.4, -0.2) is 33.9 Å². The Morgan fingerprint density at radius 2 is 2.16 bits per heavy atom. The lowest BCUT2D eigenvalue weighted by molar-refractivity contribution is 0.196. The first-order chi connectivity index (χ1) is 9.19. The Labute approximate surface area is 121 Å². The fourth-order valence-corrected chi connectivity index (χ4v) is 2.29. The molecule has 1 aromatic rings. The molecule has 0 spiro atoms. The Morgan fingerprint density at radius 1 is 1.37 bits per heavy atom. The number of ether oxygens (including phenoxy) is 1. The molecule has 3 nitrogen and oxygen atoms in total. The van der Waals surface area contributed by atoms with Crippen molar-refractivity contribution in [1.29, 1.82) is 0 Å². The van der Waals surface area contributed by atoms with Gasteiger partial charge in [-0.2, -0.15) is 0 Å². The van der Waals surface area contributed by atoms with Crippen LogP contribution >= 0.6 is 11.6 Å². The number of halogens is 1. The molecule has 0 aliphatic rings. The quantitative estimate of drug-likeness (QED) is 0.704. The minimum atomic E-state index is 0.779. The molecule has 19 heavy (non-hydrogen) atoms. The van der Waals surface area contributed by atoms with Gasteiger partial charge in [0, 0.05) is 33.9 Å². The van der Waals surface area contributed by atoms with Crippen LogP contribution in [0.1, 0.15) is 25.3 Å². The molecule has 0 fully saturated rings. The third-order valence-electron chi connectivity index (χ3n) is 3.02. The van der Waals surface area contributed by atoms with Crippen LogP contribution in [0.25, 0.3) is 0 Å². The highest BCUT2D eigenvalue weighted by molar-refractivity contribution is 6.33. The fraction of sp³-hybridized carbons (Fsp3) is 0.600. The Hall–Kier alpha value is -0.770. The number of hydrogen-bond acceptors (Lipinski definition) is 3. The minimum absolute atomic E-state index is 0.779. The van der Waals surface area contributed by atoms with Gasteiger partial charge in [0.25, 0.3) is 0 Å². The molecule has 0 atom stereocenters. The van der Waals surface area contributed by atoms with Crippen LogP contribution in [0, 0.1) is 0 Å². The number of anilines is 1. The molecule has 0 heterocycles. The van der Waals surface area contributed by atoms with Gasteiger partial charge < -0.3 is 15.0 Å². The summed E-state index contributed by atoms with van der Waals surface area (Å²) in [6.45, 7) is 5.80. The van der Waals surface area contributed by atoms with E-state index in [1.54, 1.807) is 7.11 Å². The molecule has 1 rings (SSSR count). The van der Waals surface area contributed by atoms with Crippen molar-refractivity contribution in [1.82, 2.24) is 5.32 Å². The number of benzene rings is 1. The summed E-state index contributed by atoms with van der Waals surface area (Å²) in [5.41, 5.74) is 2.31. The number of hydrogen-bond donors (Lipinski definition) is 1. The Bertz CT molecular complexity index is 371. The van der Waals surface area contributed by atoms with Gasteiger partial charge >= 0.3 is 0 Å². The van der Waals surface area contributed by atoms with Gasteiger partial charge in [-0.3, -0.25) is 0 Å². The van der Waals surface area contributed by atoms with Crippen molar-refractivity contribution in [2.75, 3.05) is 38.8 Å². The highest BCUT2D eigenvalue weighted by Crippen LogP contribution is 2.26. The number of nitrogens with one attached hydrogen (secondary N) is 1. The first kappa shape index (κ1) is 16.3. The van der Waals surface area contributed by atoms with Crippen LogP contribution in [0.5, 0.6) is 0 Å². The van der Waals surface area contributed by atoms with Crippen LogP contribution in [0.3, 0.4) is 0 Å². The van der Waals surface area contributed by atoms with Gasteiger partial charge in [-0.05, 0) is 37.1 Å². The van der Waals surface area contributed by atoms with E-state index >= 15 is 0 Å². The van der Waals surface area contributed by atoms with Gasteiger partial charge in [-0.15, -0.1) is 0 Å². The van der Waals surface area contributed by atoms with Gasteiger partial charge in [-0.1, -0.05) is 24.6 Å². The molecule has 1 aromatic carbocycles. The van der Waals surface area contributed by atoms with Gasteiger partial charge in [-0.25, -0.2) is 0 Å². The number of methoxy groups -OCH3 is 1. The Kier molecular flexibility index (Phi) is 7.87. The van der Waals surface area contributed by atoms with E-state index in [0.29, 0.717) is 0 Å². The second kappa shape index (κ2) is 9.18. The largest absolute Gasteiger partial charge is 0.385 e. The number of rotatable bonds is 9. The zero-order valence-corrected chi connectivity index (χ0v) is 13.0. The lowest BCUT2D eigenvalue weighted by atomic mass is 10.2. The molecule has 0 bridgehead atoms. The van der Waals surface area contributed by atoms with Gasteiger partial charge in [0.1, 0.15) is 0 Å². The van der Waals surface area contributed by atoms with Crippen molar-refractivity contribution in [3.63, 3.8) is 0 Å². The predicted molar refractivity (Wildman–Crippen MR) is 83.2 cm³/mol. The highest BCUT2D eigenvalue weighted by atomic mass is 35.5. The van der Waals surface area contributed by atoms with Crippen LogP contribution < -0.4 is 10.2 Å². The third-order valence-corrected chi connectivity index (χ3v) is 3.32. The Morgan fingerprint density at radius 3 is 2.79 bits per heavy atom. The topological polar surface area (TPSA) is 24.5 Å². The van der Waals surface area contributed by atoms with E-state index in [-0.39, 0.29) is 0 Å². The first-order valence-electron chi connectivity index (χ1n) is 6.88. The molecule has 0 unspecified atom stereocenters. The molecule has 1 N–H and O–H groups in total.